The predicted molar refractivity (Wildman–Crippen MR) is 102 cm³/mol. The highest BCUT2D eigenvalue weighted by atomic mass is 32.1. The lowest BCUT2D eigenvalue weighted by Crippen LogP contribution is -2.41. The van der Waals surface area contributed by atoms with E-state index in [-0.39, 0.29) is 11.9 Å². The Hall–Kier alpha value is -1.63. The van der Waals surface area contributed by atoms with Gasteiger partial charge in [0.25, 0.3) is 5.91 Å². The van der Waals surface area contributed by atoms with Crippen molar-refractivity contribution in [2.75, 3.05) is 33.0 Å². The van der Waals surface area contributed by atoms with E-state index in [1.54, 1.807) is 11.3 Å². The van der Waals surface area contributed by atoms with Crippen LogP contribution < -0.4 is 0 Å². The van der Waals surface area contributed by atoms with Gasteiger partial charge in [-0.1, -0.05) is 0 Å². The molecule has 5 nitrogen and oxygen atoms in total. The van der Waals surface area contributed by atoms with Crippen LogP contribution >= 0.6 is 11.3 Å². The summed E-state index contributed by atoms with van der Waals surface area (Å²) < 4.78 is 13.7. The minimum Gasteiger partial charge on any atom is -0.381 e. The summed E-state index contributed by atoms with van der Waals surface area (Å²) in [6, 6.07) is 6.38. The topological polar surface area (TPSA) is 43.7 Å². The fourth-order valence-corrected chi connectivity index (χ4v) is 4.49. The molecule has 0 aromatic carbocycles. The van der Waals surface area contributed by atoms with Gasteiger partial charge in [-0.05, 0) is 48.8 Å². The first-order valence-electron chi connectivity index (χ1n) is 9.44. The third kappa shape index (κ3) is 4.03. The standard InChI is InChI=1S/C20H26N2O3S/c23-20(17-6-11-26-15-17)21-12-18-2-1-7-22(18)19(13-21)5-10-25-14-16-3-8-24-9-4-16/h1-2,6-7,11,15-16,19H,3-5,8-10,12-14H2. The summed E-state index contributed by atoms with van der Waals surface area (Å²) in [6.45, 7) is 4.72. The first kappa shape index (κ1) is 17.8. The highest BCUT2D eigenvalue weighted by Gasteiger charge is 2.28. The molecular weight excluding hydrogens is 348 g/mol. The zero-order valence-electron chi connectivity index (χ0n) is 15.0. The smallest absolute Gasteiger partial charge is 0.255 e. The van der Waals surface area contributed by atoms with E-state index in [0.29, 0.717) is 12.5 Å². The normalized spacial score (nSPS) is 20.9. The molecule has 2 aliphatic rings. The lowest BCUT2D eigenvalue weighted by atomic mass is 10.0. The maximum absolute atomic E-state index is 12.8. The van der Waals surface area contributed by atoms with Crippen LogP contribution in [0, 0.1) is 5.92 Å². The molecule has 0 N–H and O–H groups in total. The summed E-state index contributed by atoms with van der Waals surface area (Å²) in [4.78, 5) is 14.7. The average Bonchev–Trinajstić information content (AvgIpc) is 3.37. The molecule has 0 saturated carbocycles. The Morgan fingerprint density at radius 3 is 3.00 bits per heavy atom. The molecule has 1 fully saturated rings. The molecule has 4 rings (SSSR count). The van der Waals surface area contributed by atoms with Gasteiger partial charge in [-0.15, -0.1) is 0 Å². The van der Waals surface area contributed by atoms with E-state index < -0.39 is 0 Å². The summed E-state index contributed by atoms with van der Waals surface area (Å²) in [7, 11) is 0. The molecule has 2 aromatic rings. The molecule has 2 aromatic heterocycles. The summed E-state index contributed by atoms with van der Waals surface area (Å²) in [5.74, 6) is 0.765. The van der Waals surface area contributed by atoms with E-state index >= 15 is 0 Å². The van der Waals surface area contributed by atoms with Crippen LogP contribution in [0.2, 0.25) is 0 Å². The van der Waals surface area contributed by atoms with Gasteiger partial charge < -0.3 is 18.9 Å². The Bertz CT molecular complexity index is 706. The van der Waals surface area contributed by atoms with Crippen LogP contribution in [0.1, 0.15) is 41.4 Å². The van der Waals surface area contributed by atoms with Crippen LogP contribution in [0.5, 0.6) is 0 Å². The van der Waals surface area contributed by atoms with Crippen molar-refractivity contribution in [3.8, 4) is 0 Å². The molecule has 2 aliphatic heterocycles. The quantitative estimate of drug-likeness (QED) is 0.726. The Morgan fingerprint density at radius 1 is 1.31 bits per heavy atom. The molecule has 0 spiro atoms. The van der Waals surface area contributed by atoms with Gasteiger partial charge in [-0.2, -0.15) is 11.3 Å². The highest BCUT2D eigenvalue weighted by molar-refractivity contribution is 7.08. The summed E-state index contributed by atoms with van der Waals surface area (Å²) in [5, 5.41) is 3.89. The zero-order chi connectivity index (χ0) is 17.8. The third-order valence-corrected chi connectivity index (χ3v) is 6.07. The van der Waals surface area contributed by atoms with E-state index in [0.717, 1.165) is 57.8 Å². The minimum atomic E-state index is 0.131. The number of amides is 1. The maximum atomic E-state index is 12.8. The number of thiophene rings is 1. The number of carbonyl (C=O) groups excluding carboxylic acids is 1. The van der Waals surface area contributed by atoms with Gasteiger partial charge >= 0.3 is 0 Å². The van der Waals surface area contributed by atoms with Crippen LogP contribution in [0.25, 0.3) is 0 Å². The molecule has 1 atom stereocenters. The Balaban J connectivity index is 1.33. The van der Waals surface area contributed by atoms with E-state index in [4.69, 9.17) is 9.47 Å². The number of fused-ring (bicyclic) bond motifs is 1. The first-order valence-corrected chi connectivity index (χ1v) is 10.4. The summed E-state index contributed by atoms with van der Waals surface area (Å²) in [5.41, 5.74) is 2.00. The molecule has 4 heterocycles. The molecule has 0 bridgehead atoms. The molecule has 140 valence electrons. The van der Waals surface area contributed by atoms with Crippen LogP contribution in [0.3, 0.4) is 0 Å². The molecule has 6 heteroatoms. The van der Waals surface area contributed by atoms with Crippen LogP contribution in [-0.4, -0.2) is 48.3 Å². The molecule has 1 saturated heterocycles. The number of hydrogen-bond donors (Lipinski definition) is 0. The van der Waals surface area contributed by atoms with Gasteiger partial charge in [-0.25, -0.2) is 0 Å². The van der Waals surface area contributed by atoms with Crippen molar-refractivity contribution in [1.82, 2.24) is 9.47 Å². The Labute approximate surface area is 158 Å². The van der Waals surface area contributed by atoms with E-state index in [1.165, 1.54) is 5.69 Å². The van der Waals surface area contributed by atoms with Crippen LogP contribution in [0.15, 0.2) is 35.2 Å². The number of carbonyl (C=O) groups is 1. The summed E-state index contributed by atoms with van der Waals surface area (Å²) in [6.07, 6.45) is 5.27. The van der Waals surface area contributed by atoms with E-state index in [9.17, 15) is 4.79 Å². The van der Waals surface area contributed by atoms with Gasteiger partial charge in [-0.3, -0.25) is 4.79 Å². The third-order valence-electron chi connectivity index (χ3n) is 5.39. The molecule has 26 heavy (non-hydrogen) atoms. The monoisotopic (exact) mass is 374 g/mol. The Kier molecular flexibility index (Phi) is 5.72. The molecule has 1 unspecified atom stereocenters. The number of ether oxygens (including phenoxy) is 2. The SMILES string of the molecule is O=C(c1ccsc1)N1Cc2cccn2C(CCOCC2CCOCC2)C1. The van der Waals surface area contributed by atoms with Crippen molar-refractivity contribution in [3.05, 3.63) is 46.4 Å². The number of rotatable bonds is 6. The average molecular weight is 375 g/mol. The van der Waals surface area contributed by atoms with Crippen LogP contribution in [0.4, 0.5) is 0 Å². The van der Waals surface area contributed by atoms with Crippen molar-refractivity contribution in [2.24, 2.45) is 5.92 Å². The second-order valence-corrected chi connectivity index (χ2v) is 7.96. The van der Waals surface area contributed by atoms with Gasteiger partial charge in [0, 0.05) is 50.2 Å². The van der Waals surface area contributed by atoms with Crippen molar-refractivity contribution in [2.45, 2.75) is 31.8 Å². The zero-order valence-corrected chi connectivity index (χ0v) is 15.8. The number of nitrogens with zero attached hydrogens (tertiary/aromatic N) is 2. The second-order valence-electron chi connectivity index (χ2n) is 7.18. The molecule has 1 amide bonds. The lowest BCUT2D eigenvalue weighted by Gasteiger charge is -2.35. The fraction of sp³-hybridized carbons (Fsp3) is 0.550. The van der Waals surface area contributed by atoms with Crippen molar-refractivity contribution >= 4 is 17.2 Å². The molecular formula is C20H26N2O3S. The van der Waals surface area contributed by atoms with Gasteiger partial charge in [0.2, 0.25) is 0 Å². The van der Waals surface area contributed by atoms with Crippen molar-refractivity contribution < 1.29 is 14.3 Å². The molecule has 0 aliphatic carbocycles. The second kappa shape index (κ2) is 8.37. The van der Waals surface area contributed by atoms with Gasteiger partial charge in [0.1, 0.15) is 0 Å². The lowest BCUT2D eigenvalue weighted by molar-refractivity contribution is 0.0161. The van der Waals surface area contributed by atoms with Gasteiger partial charge in [0.05, 0.1) is 18.2 Å². The Morgan fingerprint density at radius 2 is 2.19 bits per heavy atom. The van der Waals surface area contributed by atoms with E-state index in [1.807, 2.05) is 21.7 Å². The van der Waals surface area contributed by atoms with E-state index in [2.05, 4.69) is 22.9 Å². The van der Waals surface area contributed by atoms with Crippen molar-refractivity contribution in [1.29, 1.82) is 0 Å². The largest absolute Gasteiger partial charge is 0.381 e. The minimum absolute atomic E-state index is 0.131. The fourth-order valence-electron chi connectivity index (χ4n) is 3.86. The van der Waals surface area contributed by atoms with Crippen molar-refractivity contribution in [3.63, 3.8) is 0 Å². The molecule has 0 radical (unpaired) electrons. The predicted octanol–water partition coefficient (Wildman–Crippen LogP) is 3.58. The van der Waals surface area contributed by atoms with Crippen LogP contribution in [-0.2, 0) is 16.0 Å². The summed E-state index contributed by atoms with van der Waals surface area (Å²) >= 11 is 1.57. The maximum Gasteiger partial charge on any atom is 0.255 e. The highest BCUT2D eigenvalue weighted by Crippen LogP contribution is 2.26. The van der Waals surface area contributed by atoms with Gasteiger partial charge in [0.15, 0.2) is 0 Å². The number of aromatic nitrogens is 1. The number of hydrogen-bond acceptors (Lipinski definition) is 4. The first-order chi connectivity index (χ1) is 12.8.